The highest BCUT2D eigenvalue weighted by atomic mass is 16.3. The van der Waals surface area contributed by atoms with Crippen molar-refractivity contribution >= 4 is 0 Å². The maximum atomic E-state index is 9.58. The fraction of sp³-hybridized carbons (Fsp3) is 0.333. The number of hydrogen-bond donors (Lipinski definition) is 2. The summed E-state index contributed by atoms with van der Waals surface area (Å²) < 4.78 is 0. The van der Waals surface area contributed by atoms with Crippen LogP contribution in [0.15, 0.2) is 42.5 Å². The van der Waals surface area contributed by atoms with Crippen molar-refractivity contribution in [1.29, 1.82) is 0 Å². The van der Waals surface area contributed by atoms with Gasteiger partial charge in [-0.25, -0.2) is 0 Å². The van der Waals surface area contributed by atoms with E-state index in [0.29, 0.717) is 0 Å². The third-order valence-corrected chi connectivity index (χ3v) is 3.75. The predicted octanol–water partition coefficient (Wildman–Crippen LogP) is 3.44. The average molecular weight is 269 g/mol. The largest absolute Gasteiger partial charge is 0.394 e. The molecule has 2 aromatic carbocycles. The molecule has 0 amide bonds. The number of nitrogens with one attached hydrogen (secondary N) is 1. The molecule has 0 radical (unpaired) electrons. The molecule has 0 bridgehead atoms. The van der Waals surface area contributed by atoms with E-state index in [-0.39, 0.29) is 12.6 Å². The predicted molar refractivity (Wildman–Crippen MR) is 83.8 cm³/mol. The minimum atomic E-state index is -0.0173. The maximum absolute atomic E-state index is 9.58. The Labute approximate surface area is 121 Å². The molecular weight excluding hydrogens is 246 g/mol. The molecule has 2 heteroatoms. The lowest BCUT2D eigenvalue weighted by Gasteiger charge is -2.19. The lowest BCUT2D eigenvalue weighted by atomic mass is 9.99. The Morgan fingerprint density at radius 1 is 1.00 bits per heavy atom. The van der Waals surface area contributed by atoms with Crippen LogP contribution in [0, 0.1) is 20.8 Å². The second-order valence-corrected chi connectivity index (χ2v) is 5.40. The molecule has 0 saturated heterocycles. The number of aryl methyl sites for hydroxylation is 3. The first kappa shape index (κ1) is 14.8. The Morgan fingerprint density at radius 2 is 1.60 bits per heavy atom. The van der Waals surface area contributed by atoms with Crippen LogP contribution in [0.4, 0.5) is 0 Å². The molecule has 2 aromatic rings. The van der Waals surface area contributed by atoms with E-state index in [1.807, 2.05) is 30.3 Å². The molecule has 0 fully saturated rings. The normalized spacial score (nSPS) is 12.4. The van der Waals surface area contributed by atoms with Crippen LogP contribution >= 0.6 is 0 Å². The van der Waals surface area contributed by atoms with Crippen molar-refractivity contribution in [2.75, 3.05) is 6.61 Å². The summed E-state index contributed by atoms with van der Waals surface area (Å²) in [6.07, 6.45) is 0. The van der Waals surface area contributed by atoms with Gasteiger partial charge >= 0.3 is 0 Å². The lowest BCUT2D eigenvalue weighted by molar-refractivity contribution is 0.243. The van der Waals surface area contributed by atoms with Gasteiger partial charge in [-0.3, -0.25) is 0 Å². The summed E-state index contributed by atoms with van der Waals surface area (Å²) >= 11 is 0. The van der Waals surface area contributed by atoms with Crippen molar-refractivity contribution in [3.8, 4) is 0 Å². The summed E-state index contributed by atoms with van der Waals surface area (Å²) in [5, 5.41) is 13.0. The van der Waals surface area contributed by atoms with Crippen molar-refractivity contribution in [2.45, 2.75) is 33.4 Å². The van der Waals surface area contributed by atoms with Crippen molar-refractivity contribution in [3.05, 3.63) is 70.3 Å². The molecule has 2 nitrogen and oxygen atoms in total. The Bertz CT molecular complexity index is 540. The van der Waals surface area contributed by atoms with Gasteiger partial charge in [0.05, 0.1) is 12.6 Å². The summed E-state index contributed by atoms with van der Waals surface area (Å²) in [4.78, 5) is 0. The Balaban J connectivity index is 2.12. The van der Waals surface area contributed by atoms with Crippen LogP contribution in [0.2, 0.25) is 0 Å². The Kier molecular flexibility index (Phi) is 4.94. The van der Waals surface area contributed by atoms with Crippen molar-refractivity contribution in [3.63, 3.8) is 0 Å². The quantitative estimate of drug-likeness (QED) is 0.871. The summed E-state index contributed by atoms with van der Waals surface area (Å²) in [6, 6.07) is 14.5. The van der Waals surface area contributed by atoms with Crippen molar-refractivity contribution in [2.24, 2.45) is 0 Å². The van der Waals surface area contributed by atoms with Gasteiger partial charge in [0.2, 0.25) is 0 Å². The third-order valence-electron chi connectivity index (χ3n) is 3.75. The molecular formula is C18H23NO. The van der Waals surface area contributed by atoms with Crippen LogP contribution in [0.5, 0.6) is 0 Å². The van der Waals surface area contributed by atoms with E-state index in [1.165, 1.54) is 22.3 Å². The molecule has 0 aliphatic rings. The standard InChI is InChI=1S/C18H23NO/c1-13-9-14(2)17(15(3)10-13)11-19-18(12-20)16-7-5-4-6-8-16/h4-10,18-20H,11-12H2,1-3H3/t18-/m1/s1. The van der Waals surface area contributed by atoms with E-state index in [0.717, 1.165) is 12.1 Å². The first-order valence-corrected chi connectivity index (χ1v) is 7.07. The van der Waals surface area contributed by atoms with Gasteiger partial charge in [-0.15, -0.1) is 0 Å². The van der Waals surface area contributed by atoms with E-state index in [9.17, 15) is 5.11 Å². The Morgan fingerprint density at radius 3 is 2.15 bits per heavy atom. The topological polar surface area (TPSA) is 32.3 Å². The van der Waals surface area contributed by atoms with Crippen molar-refractivity contribution in [1.82, 2.24) is 5.32 Å². The first-order valence-electron chi connectivity index (χ1n) is 7.07. The molecule has 0 aliphatic carbocycles. The van der Waals surface area contributed by atoms with Crippen LogP contribution in [0.3, 0.4) is 0 Å². The SMILES string of the molecule is Cc1cc(C)c(CN[C@H](CO)c2ccccc2)c(C)c1. The minimum Gasteiger partial charge on any atom is -0.394 e. The van der Waals surface area contributed by atoms with Crippen molar-refractivity contribution < 1.29 is 5.11 Å². The molecule has 2 rings (SSSR count). The summed E-state index contributed by atoms with van der Waals surface area (Å²) in [5.41, 5.74) is 6.35. The van der Waals surface area contributed by atoms with Gasteiger partial charge in [0, 0.05) is 6.54 Å². The van der Waals surface area contributed by atoms with Crippen LogP contribution in [0.1, 0.15) is 33.9 Å². The fourth-order valence-corrected chi connectivity index (χ4v) is 2.69. The first-order chi connectivity index (χ1) is 9.61. The number of rotatable bonds is 5. The average Bonchev–Trinajstić information content (AvgIpc) is 2.43. The van der Waals surface area contributed by atoms with Crippen LogP contribution in [-0.2, 0) is 6.54 Å². The van der Waals surface area contributed by atoms with Gasteiger partial charge in [0.15, 0.2) is 0 Å². The number of benzene rings is 2. The smallest absolute Gasteiger partial charge is 0.0626 e. The van der Waals surface area contributed by atoms with Crippen LogP contribution in [0.25, 0.3) is 0 Å². The zero-order chi connectivity index (χ0) is 14.5. The van der Waals surface area contributed by atoms with Gasteiger partial charge in [-0.05, 0) is 43.0 Å². The zero-order valence-electron chi connectivity index (χ0n) is 12.5. The van der Waals surface area contributed by atoms with Gasteiger partial charge in [0.1, 0.15) is 0 Å². The molecule has 0 aliphatic heterocycles. The summed E-state index contributed by atoms with van der Waals surface area (Å²) in [6.45, 7) is 7.30. The molecule has 106 valence electrons. The molecule has 0 heterocycles. The molecule has 0 aromatic heterocycles. The summed E-state index contributed by atoms with van der Waals surface area (Å²) in [7, 11) is 0. The molecule has 0 spiro atoms. The van der Waals surface area contributed by atoms with Gasteiger partial charge in [0.25, 0.3) is 0 Å². The third kappa shape index (κ3) is 3.47. The maximum Gasteiger partial charge on any atom is 0.0626 e. The molecule has 2 N–H and O–H groups in total. The van der Waals surface area contributed by atoms with Gasteiger partial charge in [-0.1, -0.05) is 48.0 Å². The van der Waals surface area contributed by atoms with E-state index in [2.05, 4.69) is 38.2 Å². The zero-order valence-corrected chi connectivity index (χ0v) is 12.5. The number of aliphatic hydroxyl groups excluding tert-OH is 1. The fourth-order valence-electron chi connectivity index (χ4n) is 2.69. The van der Waals surface area contributed by atoms with E-state index in [4.69, 9.17) is 0 Å². The highest BCUT2D eigenvalue weighted by molar-refractivity contribution is 5.37. The molecule has 0 unspecified atom stereocenters. The summed E-state index contributed by atoms with van der Waals surface area (Å²) in [5.74, 6) is 0. The van der Waals surface area contributed by atoms with Crippen LogP contribution in [-0.4, -0.2) is 11.7 Å². The van der Waals surface area contributed by atoms with E-state index in [1.54, 1.807) is 0 Å². The lowest BCUT2D eigenvalue weighted by Crippen LogP contribution is -2.24. The number of hydrogen-bond acceptors (Lipinski definition) is 2. The highest BCUT2D eigenvalue weighted by Gasteiger charge is 2.11. The van der Waals surface area contributed by atoms with Gasteiger partial charge < -0.3 is 10.4 Å². The Hall–Kier alpha value is -1.64. The minimum absolute atomic E-state index is 0.0173. The van der Waals surface area contributed by atoms with Crippen LogP contribution < -0.4 is 5.32 Å². The van der Waals surface area contributed by atoms with E-state index >= 15 is 0 Å². The molecule has 0 saturated carbocycles. The second kappa shape index (κ2) is 6.69. The molecule has 20 heavy (non-hydrogen) atoms. The highest BCUT2D eigenvalue weighted by Crippen LogP contribution is 2.18. The number of aliphatic hydroxyl groups is 1. The monoisotopic (exact) mass is 269 g/mol. The molecule has 1 atom stereocenters. The van der Waals surface area contributed by atoms with Gasteiger partial charge in [-0.2, -0.15) is 0 Å². The van der Waals surface area contributed by atoms with E-state index < -0.39 is 0 Å². The second-order valence-electron chi connectivity index (χ2n) is 5.40.